The maximum absolute atomic E-state index is 5.71. The molecule has 0 aliphatic carbocycles. The van der Waals surface area contributed by atoms with E-state index in [4.69, 9.17) is 5.73 Å². The fraction of sp³-hybridized carbons (Fsp3) is 1.00. The number of likely N-dealkylation sites (tertiary alicyclic amines) is 2. The van der Waals surface area contributed by atoms with E-state index in [0.29, 0.717) is 0 Å². The molecule has 3 nitrogen and oxygen atoms in total. The van der Waals surface area contributed by atoms with E-state index >= 15 is 0 Å². The van der Waals surface area contributed by atoms with E-state index in [1.807, 2.05) is 0 Å². The van der Waals surface area contributed by atoms with E-state index in [1.165, 1.54) is 45.4 Å². The van der Waals surface area contributed by atoms with E-state index in [2.05, 4.69) is 16.8 Å². The zero-order chi connectivity index (χ0) is 9.97. The fourth-order valence-electron chi connectivity index (χ4n) is 2.75. The van der Waals surface area contributed by atoms with E-state index < -0.39 is 0 Å². The van der Waals surface area contributed by atoms with Gasteiger partial charge in [-0.05, 0) is 58.4 Å². The van der Waals surface area contributed by atoms with E-state index in [9.17, 15) is 0 Å². The number of rotatable bonds is 2. The zero-order valence-corrected chi connectivity index (χ0v) is 9.28. The Morgan fingerprint density at radius 3 is 2.43 bits per heavy atom. The molecule has 0 aromatic rings. The van der Waals surface area contributed by atoms with Crippen LogP contribution in [0.3, 0.4) is 0 Å². The van der Waals surface area contributed by atoms with E-state index in [-0.39, 0.29) is 0 Å². The highest BCUT2D eigenvalue weighted by Crippen LogP contribution is 2.23. The zero-order valence-electron chi connectivity index (χ0n) is 9.28. The van der Waals surface area contributed by atoms with Gasteiger partial charge in [0, 0.05) is 12.6 Å². The normalized spacial score (nSPS) is 32.6. The molecule has 2 aliphatic heterocycles. The van der Waals surface area contributed by atoms with Crippen LogP contribution < -0.4 is 5.73 Å². The van der Waals surface area contributed by atoms with Crippen LogP contribution in [0.25, 0.3) is 0 Å². The van der Waals surface area contributed by atoms with Crippen molar-refractivity contribution in [3.63, 3.8) is 0 Å². The lowest BCUT2D eigenvalue weighted by Gasteiger charge is -2.35. The third kappa shape index (κ3) is 2.27. The minimum Gasteiger partial charge on any atom is -0.330 e. The van der Waals surface area contributed by atoms with Crippen LogP contribution in [-0.2, 0) is 0 Å². The Morgan fingerprint density at radius 1 is 1.14 bits per heavy atom. The van der Waals surface area contributed by atoms with Gasteiger partial charge in [-0.2, -0.15) is 0 Å². The molecule has 1 atom stereocenters. The van der Waals surface area contributed by atoms with Crippen molar-refractivity contribution < 1.29 is 0 Å². The summed E-state index contributed by atoms with van der Waals surface area (Å²) in [4.78, 5) is 5.11. The Hall–Kier alpha value is -0.120. The van der Waals surface area contributed by atoms with E-state index in [0.717, 1.165) is 18.5 Å². The first-order chi connectivity index (χ1) is 6.79. The van der Waals surface area contributed by atoms with Crippen LogP contribution in [0.1, 0.15) is 19.3 Å². The van der Waals surface area contributed by atoms with Crippen molar-refractivity contribution in [2.75, 3.05) is 39.8 Å². The molecule has 14 heavy (non-hydrogen) atoms. The second-order valence-corrected chi connectivity index (χ2v) is 4.92. The number of piperidine rings is 1. The van der Waals surface area contributed by atoms with Crippen LogP contribution in [0, 0.1) is 5.92 Å². The maximum Gasteiger partial charge on any atom is 0.0120 e. The van der Waals surface area contributed by atoms with Gasteiger partial charge in [-0.25, -0.2) is 0 Å². The predicted octanol–water partition coefficient (Wildman–Crippen LogP) is 0.361. The van der Waals surface area contributed by atoms with Crippen molar-refractivity contribution in [3.8, 4) is 0 Å². The topological polar surface area (TPSA) is 32.5 Å². The summed E-state index contributed by atoms with van der Waals surface area (Å²) in [6, 6.07) is 0.850. The highest BCUT2D eigenvalue weighted by atomic mass is 15.2. The number of hydrogen-bond donors (Lipinski definition) is 1. The second kappa shape index (κ2) is 4.60. The maximum atomic E-state index is 5.71. The number of nitrogens with zero attached hydrogens (tertiary/aromatic N) is 2. The summed E-state index contributed by atoms with van der Waals surface area (Å²) < 4.78 is 0. The van der Waals surface area contributed by atoms with Crippen LogP contribution in [-0.4, -0.2) is 55.6 Å². The molecule has 0 aromatic carbocycles. The van der Waals surface area contributed by atoms with Crippen molar-refractivity contribution >= 4 is 0 Å². The molecule has 2 fully saturated rings. The minimum atomic E-state index is 0.773. The molecule has 2 aliphatic rings. The van der Waals surface area contributed by atoms with Gasteiger partial charge in [-0.3, -0.25) is 4.90 Å². The summed E-state index contributed by atoms with van der Waals surface area (Å²) in [6.45, 7) is 5.97. The first kappa shape index (κ1) is 10.4. The third-order valence-electron chi connectivity index (χ3n) is 3.86. The lowest BCUT2D eigenvalue weighted by atomic mass is 10.0. The van der Waals surface area contributed by atoms with Crippen LogP contribution in [0.15, 0.2) is 0 Å². The Labute approximate surface area is 87.2 Å². The molecule has 0 radical (unpaired) electrons. The minimum absolute atomic E-state index is 0.773. The van der Waals surface area contributed by atoms with Crippen molar-refractivity contribution in [1.82, 2.24) is 9.80 Å². The standard InChI is InChI=1S/C11H23N3/c1-13-5-3-11(4-6-13)14-7-2-10(8-12)9-14/h10-11H,2-9,12H2,1H3. The third-order valence-corrected chi connectivity index (χ3v) is 3.86. The Morgan fingerprint density at radius 2 is 1.86 bits per heavy atom. The molecule has 0 saturated carbocycles. The van der Waals surface area contributed by atoms with Crippen LogP contribution in [0.4, 0.5) is 0 Å². The summed E-state index contributed by atoms with van der Waals surface area (Å²) in [5, 5.41) is 0. The SMILES string of the molecule is CN1CCC(N2CCC(CN)C2)CC1. The summed E-state index contributed by atoms with van der Waals surface area (Å²) in [5.74, 6) is 0.773. The molecule has 1 unspecified atom stereocenters. The molecule has 0 spiro atoms. The number of nitrogens with two attached hydrogens (primary N) is 1. The molecule has 2 rings (SSSR count). The van der Waals surface area contributed by atoms with Crippen molar-refractivity contribution in [2.24, 2.45) is 11.7 Å². The van der Waals surface area contributed by atoms with Gasteiger partial charge in [0.05, 0.1) is 0 Å². The van der Waals surface area contributed by atoms with Crippen LogP contribution in [0.5, 0.6) is 0 Å². The molecule has 2 heterocycles. The first-order valence-electron chi connectivity index (χ1n) is 5.92. The highest BCUT2D eigenvalue weighted by molar-refractivity contribution is 4.84. The summed E-state index contributed by atoms with van der Waals surface area (Å²) in [6.07, 6.45) is 4.03. The highest BCUT2D eigenvalue weighted by Gasteiger charge is 2.29. The molecule has 0 aromatic heterocycles. The van der Waals surface area contributed by atoms with Gasteiger partial charge in [0.15, 0.2) is 0 Å². The summed E-state index contributed by atoms with van der Waals surface area (Å²) in [5.41, 5.74) is 5.71. The second-order valence-electron chi connectivity index (χ2n) is 4.92. The first-order valence-corrected chi connectivity index (χ1v) is 5.92. The average Bonchev–Trinajstić information content (AvgIpc) is 2.67. The lowest BCUT2D eigenvalue weighted by molar-refractivity contribution is 0.140. The van der Waals surface area contributed by atoms with Gasteiger partial charge in [0.1, 0.15) is 0 Å². The van der Waals surface area contributed by atoms with Gasteiger partial charge in [0.25, 0.3) is 0 Å². The van der Waals surface area contributed by atoms with Crippen LogP contribution in [0.2, 0.25) is 0 Å². The molecular formula is C11H23N3. The van der Waals surface area contributed by atoms with Gasteiger partial charge in [-0.15, -0.1) is 0 Å². The summed E-state index contributed by atoms with van der Waals surface area (Å²) in [7, 11) is 2.23. The molecule has 82 valence electrons. The van der Waals surface area contributed by atoms with Gasteiger partial charge >= 0.3 is 0 Å². The molecule has 2 saturated heterocycles. The lowest BCUT2D eigenvalue weighted by Crippen LogP contribution is -2.42. The molecule has 0 bridgehead atoms. The fourth-order valence-corrected chi connectivity index (χ4v) is 2.75. The largest absolute Gasteiger partial charge is 0.330 e. The van der Waals surface area contributed by atoms with Gasteiger partial charge in [-0.1, -0.05) is 0 Å². The van der Waals surface area contributed by atoms with Crippen molar-refractivity contribution in [2.45, 2.75) is 25.3 Å². The average molecular weight is 197 g/mol. The molecule has 3 heteroatoms. The van der Waals surface area contributed by atoms with Gasteiger partial charge < -0.3 is 10.6 Å². The molecular weight excluding hydrogens is 174 g/mol. The quantitative estimate of drug-likeness (QED) is 0.694. The van der Waals surface area contributed by atoms with Crippen molar-refractivity contribution in [3.05, 3.63) is 0 Å². The van der Waals surface area contributed by atoms with Crippen molar-refractivity contribution in [1.29, 1.82) is 0 Å². The Balaban J connectivity index is 1.79. The predicted molar refractivity (Wildman–Crippen MR) is 59.3 cm³/mol. The smallest absolute Gasteiger partial charge is 0.0120 e. The molecule has 0 amide bonds. The monoisotopic (exact) mass is 197 g/mol. The Kier molecular flexibility index (Phi) is 3.42. The Bertz CT molecular complexity index is 175. The number of hydrogen-bond acceptors (Lipinski definition) is 3. The van der Waals surface area contributed by atoms with E-state index in [1.54, 1.807) is 0 Å². The summed E-state index contributed by atoms with van der Waals surface area (Å²) >= 11 is 0. The van der Waals surface area contributed by atoms with Crippen LogP contribution >= 0.6 is 0 Å². The molecule has 2 N–H and O–H groups in total. The van der Waals surface area contributed by atoms with Gasteiger partial charge in [0.2, 0.25) is 0 Å².